The van der Waals surface area contributed by atoms with E-state index in [1.54, 1.807) is 11.3 Å². The van der Waals surface area contributed by atoms with Gasteiger partial charge in [0.25, 0.3) is 0 Å². The van der Waals surface area contributed by atoms with E-state index in [1.807, 2.05) is 6.07 Å². The van der Waals surface area contributed by atoms with E-state index in [1.165, 1.54) is 21.0 Å². The number of nitrogens with zero attached hydrogens (tertiary/aromatic N) is 2. The SMILES string of the molecule is O=C(O)C1CCN(C(c2nc3ccccc3s2)c2cccc3ccccc23)CC1. The summed E-state index contributed by atoms with van der Waals surface area (Å²) in [5, 5.41) is 12.9. The number of aliphatic carboxylic acids is 1. The Balaban J connectivity index is 1.62. The van der Waals surface area contributed by atoms with Crippen LogP contribution in [-0.4, -0.2) is 34.0 Å². The molecule has 3 aromatic carbocycles. The lowest BCUT2D eigenvalue weighted by Crippen LogP contribution is -2.39. The van der Waals surface area contributed by atoms with Gasteiger partial charge in [-0.1, -0.05) is 54.6 Å². The number of carbonyl (C=O) groups is 1. The minimum atomic E-state index is -0.675. The maximum absolute atomic E-state index is 11.4. The Morgan fingerprint density at radius 2 is 1.72 bits per heavy atom. The monoisotopic (exact) mass is 402 g/mol. The topological polar surface area (TPSA) is 53.4 Å². The second-order valence-corrected chi connectivity index (χ2v) is 8.70. The Morgan fingerprint density at radius 3 is 2.52 bits per heavy atom. The summed E-state index contributed by atoms with van der Waals surface area (Å²) in [5.41, 5.74) is 2.27. The molecule has 1 N–H and O–H groups in total. The molecular formula is C24H22N2O2S. The fourth-order valence-electron chi connectivity index (χ4n) is 4.39. The van der Waals surface area contributed by atoms with Crippen molar-refractivity contribution in [2.75, 3.05) is 13.1 Å². The quantitative estimate of drug-likeness (QED) is 0.501. The van der Waals surface area contributed by atoms with E-state index in [-0.39, 0.29) is 12.0 Å². The summed E-state index contributed by atoms with van der Waals surface area (Å²) in [5.74, 6) is -0.916. The first kappa shape index (κ1) is 18.3. The molecule has 1 aromatic heterocycles. The molecule has 4 aromatic rings. The molecule has 0 spiro atoms. The molecule has 0 radical (unpaired) electrons. The molecular weight excluding hydrogens is 380 g/mol. The van der Waals surface area contributed by atoms with Crippen molar-refractivity contribution >= 4 is 38.3 Å². The van der Waals surface area contributed by atoms with Crippen molar-refractivity contribution in [3.05, 3.63) is 77.3 Å². The smallest absolute Gasteiger partial charge is 0.306 e. The molecule has 0 aliphatic carbocycles. The number of thiazole rings is 1. The lowest BCUT2D eigenvalue weighted by Gasteiger charge is -2.36. The van der Waals surface area contributed by atoms with Gasteiger partial charge in [-0.25, -0.2) is 4.98 Å². The molecule has 1 saturated heterocycles. The molecule has 4 nitrogen and oxygen atoms in total. The highest BCUT2D eigenvalue weighted by molar-refractivity contribution is 7.18. The second-order valence-electron chi connectivity index (χ2n) is 7.64. The van der Waals surface area contributed by atoms with Gasteiger partial charge in [0.1, 0.15) is 5.01 Å². The second kappa shape index (κ2) is 7.58. The van der Waals surface area contributed by atoms with Crippen molar-refractivity contribution < 1.29 is 9.90 Å². The Kier molecular flexibility index (Phi) is 4.78. The molecule has 2 heterocycles. The molecule has 1 atom stereocenters. The van der Waals surface area contributed by atoms with Gasteiger partial charge in [0.15, 0.2) is 0 Å². The Bertz CT molecular complexity index is 1140. The van der Waals surface area contributed by atoms with E-state index >= 15 is 0 Å². The van der Waals surface area contributed by atoms with E-state index in [0.717, 1.165) is 23.6 Å². The van der Waals surface area contributed by atoms with Gasteiger partial charge in [-0.3, -0.25) is 9.69 Å². The average molecular weight is 403 g/mol. The molecule has 146 valence electrons. The molecule has 0 saturated carbocycles. The molecule has 1 fully saturated rings. The van der Waals surface area contributed by atoms with Crippen LogP contribution >= 0.6 is 11.3 Å². The largest absolute Gasteiger partial charge is 0.481 e. The zero-order chi connectivity index (χ0) is 19.8. The first-order valence-corrected chi connectivity index (χ1v) is 10.8. The van der Waals surface area contributed by atoms with E-state index in [4.69, 9.17) is 4.98 Å². The highest BCUT2D eigenvalue weighted by Crippen LogP contribution is 2.39. The van der Waals surface area contributed by atoms with Crippen LogP contribution in [0.5, 0.6) is 0 Å². The van der Waals surface area contributed by atoms with Crippen LogP contribution in [-0.2, 0) is 4.79 Å². The van der Waals surface area contributed by atoms with Crippen molar-refractivity contribution in [2.24, 2.45) is 5.92 Å². The van der Waals surface area contributed by atoms with Crippen LogP contribution in [0.4, 0.5) is 0 Å². The van der Waals surface area contributed by atoms with Gasteiger partial charge in [0.05, 0.1) is 22.2 Å². The third-order valence-corrected chi connectivity index (χ3v) is 7.00. The lowest BCUT2D eigenvalue weighted by atomic mass is 9.92. The molecule has 5 heteroatoms. The van der Waals surface area contributed by atoms with Crippen molar-refractivity contribution in [1.82, 2.24) is 9.88 Å². The molecule has 0 bridgehead atoms. The molecule has 1 aliphatic heterocycles. The van der Waals surface area contributed by atoms with E-state index in [9.17, 15) is 9.90 Å². The summed E-state index contributed by atoms with van der Waals surface area (Å²) in [7, 11) is 0. The predicted molar refractivity (Wildman–Crippen MR) is 117 cm³/mol. The van der Waals surface area contributed by atoms with Crippen molar-refractivity contribution in [3.8, 4) is 0 Å². The third-order valence-electron chi connectivity index (χ3n) is 5.91. The van der Waals surface area contributed by atoms with Crippen LogP contribution in [0.2, 0.25) is 0 Å². The minimum absolute atomic E-state index is 0.0354. The van der Waals surface area contributed by atoms with Crippen LogP contribution < -0.4 is 0 Å². The third kappa shape index (κ3) is 3.41. The van der Waals surface area contributed by atoms with Crippen LogP contribution in [0, 0.1) is 5.92 Å². The summed E-state index contributed by atoms with van der Waals surface area (Å²) in [4.78, 5) is 18.8. The summed E-state index contributed by atoms with van der Waals surface area (Å²) < 4.78 is 1.19. The Morgan fingerprint density at radius 1 is 1.00 bits per heavy atom. The van der Waals surface area contributed by atoms with Gasteiger partial charge in [-0.2, -0.15) is 0 Å². The van der Waals surface area contributed by atoms with Gasteiger partial charge < -0.3 is 5.11 Å². The number of para-hydroxylation sites is 1. The Labute approximate surface area is 173 Å². The number of benzene rings is 3. The number of likely N-dealkylation sites (tertiary alicyclic amines) is 1. The molecule has 5 rings (SSSR count). The average Bonchev–Trinajstić information content (AvgIpc) is 3.18. The van der Waals surface area contributed by atoms with Crippen LogP contribution in [0.15, 0.2) is 66.7 Å². The van der Waals surface area contributed by atoms with Crippen molar-refractivity contribution in [2.45, 2.75) is 18.9 Å². The number of fused-ring (bicyclic) bond motifs is 2. The highest BCUT2D eigenvalue weighted by Gasteiger charge is 2.32. The van der Waals surface area contributed by atoms with E-state index in [2.05, 4.69) is 65.6 Å². The number of hydrogen-bond donors (Lipinski definition) is 1. The predicted octanol–water partition coefficient (Wildman–Crippen LogP) is 5.34. The number of carboxylic acids is 1. The first-order chi connectivity index (χ1) is 14.2. The van der Waals surface area contributed by atoms with E-state index in [0.29, 0.717) is 12.8 Å². The van der Waals surface area contributed by atoms with Crippen molar-refractivity contribution in [3.63, 3.8) is 0 Å². The molecule has 1 unspecified atom stereocenters. The highest BCUT2D eigenvalue weighted by atomic mass is 32.1. The van der Waals surface area contributed by atoms with Gasteiger partial charge in [0.2, 0.25) is 0 Å². The number of rotatable bonds is 4. The number of carboxylic acid groups (broad SMARTS) is 1. The van der Waals surface area contributed by atoms with E-state index < -0.39 is 5.97 Å². The summed E-state index contributed by atoms with van der Waals surface area (Å²) in [6.45, 7) is 1.53. The maximum atomic E-state index is 11.4. The number of hydrogen-bond acceptors (Lipinski definition) is 4. The van der Waals surface area contributed by atoms with Gasteiger partial charge in [-0.15, -0.1) is 11.3 Å². The zero-order valence-electron chi connectivity index (χ0n) is 16.0. The van der Waals surface area contributed by atoms with Crippen molar-refractivity contribution in [1.29, 1.82) is 0 Å². The fourth-order valence-corrected chi connectivity index (χ4v) is 5.51. The summed E-state index contributed by atoms with van der Waals surface area (Å²) in [6.07, 6.45) is 1.36. The minimum Gasteiger partial charge on any atom is -0.481 e. The number of piperidine rings is 1. The fraction of sp³-hybridized carbons (Fsp3) is 0.250. The lowest BCUT2D eigenvalue weighted by molar-refractivity contribution is -0.143. The summed E-state index contributed by atoms with van der Waals surface area (Å²) in [6, 6.07) is 23.2. The standard InChI is InChI=1S/C24H22N2O2S/c27-24(28)17-12-14-26(15-13-17)22(23-25-20-10-3-4-11-21(20)29-23)19-9-5-7-16-6-1-2-8-18(16)19/h1-11,17,22H,12-15H2,(H,27,28). The van der Waals surface area contributed by atoms with Gasteiger partial charge in [-0.05, 0) is 54.4 Å². The molecule has 0 amide bonds. The van der Waals surface area contributed by atoms with Crippen LogP contribution in [0.25, 0.3) is 21.0 Å². The molecule has 29 heavy (non-hydrogen) atoms. The van der Waals surface area contributed by atoms with Crippen LogP contribution in [0.1, 0.15) is 29.5 Å². The van der Waals surface area contributed by atoms with Gasteiger partial charge >= 0.3 is 5.97 Å². The van der Waals surface area contributed by atoms with Gasteiger partial charge in [0, 0.05) is 0 Å². The first-order valence-electron chi connectivity index (χ1n) is 10.0. The summed E-state index contributed by atoms with van der Waals surface area (Å²) >= 11 is 1.74. The van der Waals surface area contributed by atoms with Crippen LogP contribution in [0.3, 0.4) is 0 Å². The molecule has 1 aliphatic rings. The Hall–Kier alpha value is -2.76. The zero-order valence-corrected chi connectivity index (χ0v) is 16.8. The normalized spacial score (nSPS) is 17.0. The number of aromatic nitrogens is 1. The maximum Gasteiger partial charge on any atom is 0.306 e.